The van der Waals surface area contributed by atoms with Gasteiger partial charge in [0.05, 0.1) is 23.7 Å². The van der Waals surface area contributed by atoms with Gasteiger partial charge in [0.2, 0.25) is 0 Å². The molecule has 3 aromatic rings. The van der Waals surface area contributed by atoms with Crippen molar-refractivity contribution in [2.45, 2.75) is 18.8 Å². The zero-order chi connectivity index (χ0) is 14.6. The first-order valence-electron chi connectivity index (χ1n) is 7.18. The average Bonchev–Trinajstić information content (AvgIpc) is 3.18. The molecule has 21 heavy (non-hydrogen) atoms. The van der Waals surface area contributed by atoms with Gasteiger partial charge in [-0.05, 0) is 12.8 Å². The summed E-state index contributed by atoms with van der Waals surface area (Å²) in [6.45, 7) is 0. The second kappa shape index (κ2) is 4.31. The van der Waals surface area contributed by atoms with E-state index in [-0.39, 0.29) is 0 Å². The topological polar surface area (TPSA) is 51.8 Å². The van der Waals surface area contributed by atoms with Gasteiger partial charge >= 0.3 is 0 Å². The molecule has 3 heterocycles. The van der Waals surface area contributed by atoms with Gasteiger partial charge in [-0.2, -0.15) is 5.10 Å². The molecule has 4 rings (SSSR count). The van der Waals surface area contributed by atoms with E-state index in [9.17, 15) is 0 Å². The Morgan fingerprint density at radius 3 is 2.76 bits per heavy atom. The first-order valence-corrected chi connectivity index (χ1v) is 7.18. The highest BCUT2D eigenvalue weighted by Gasteiger charge is 2.27. The van der Waals surface area contributed by atoms with E-state index in [0.717, 1.165) is 22.7 Å². The Kier molecular flexibility index (Phi) is 2.54. The van der Waals surface area contributed by atoms with Gasteiger partial charge in [-0.15, -0.1) is 0 Å². The summed E-state index contributed by atoms with van der Waals surface area (Å²) < 4.78 is 3.94. The Morgan fingerprint density at radius 1 is 1.19 bits per heavy atom. The molecule has 108 valence electrons. The highest BCUT2D eigenvalue weighted by Crippen LogP contribution is 2.40. The van der Waals surface area contributed by atoms with Crippen molar-refractivity contribution in [3.63, 3.8) is 0 Å². The summed E-state index contributed by atoms with van der Waals surface area (Å²) in [5.74, 6) is 2.62. The van der Waals surface area contributed by atoms with Crippen molar-refractivity contribution in [1.82, 2.24) is 24.3 Å². The number of fused-ring (bicyclic) bond motifs is 1. The number of pyridine rings is 1. The molecule has 6 heteroatoms. The van der Waals surface area contributed by atoms with Gasteiger partial charge in [0.1, 0.15) is 17.2 Å². The van der Waals surface area contributed by atoms with Gasteiger partial charge < -0.3 is 9.47 Å². The van der Waals surface area contributed by atoms with Crippen LogP contribution in [0.25, 0.3) is 11.0 Å². The van der Waals surface area contributed by atoms with E-state index in [1.807, 2.05) is 42.9 Å². The predicted octanol–water partition coefficient (Wildman–Crippen LogP) is 2.35. The first kappa shape index (κ1) is 12.4. The van der Waals surface area contributed by atoms with E-state index < -0.39 is 0 Å². The predicted molar refractivity (Wildman–Crippen MR) is 81.8 cm³/mol. The van der Waals surface area contributed by atoms with Crippen molar-refractivity contribution in [3.05, 3.63) is 30.4 Å². The fourth-order valence-corrected chi connectivity index (χ4v) is 2.69. The van der Waals surface area contributed by atoms with Crippen LogP contribution in [0.5, 0.6) is 0 Å². The van der Waals surface area contributed by atoms with Gasteiger partial charge in [-0.1, -0.05) is 0 Å². The number of rotatable bonds is 3. The Labute approximate surface area is 123 Å². The Bertz CT molecular complexity index is 811. The van der Waals surface area contributed by atoms with Crippen LogP contribution in [0.3, 0.4) is 0 Å². The second-order valence-electron chi connectivity index (χ2n) is 5.77. The monoisotopic (exact) mass is 282 g/mol. The molecule has 0 saturated heterocycles. The summed E-state index contributed by atoms with van der Waals surface area (Å²) in [5, 5.41) is 4.62. The van der Waals surface area contributed by atoms with Gasteiger partial charge in [0.25, 0.3) is 0 Å². The minimum atomic E-state index is 0.658. The van der Waals surface area contributed by atoms with Crippen LogP contribution in [-0.2, 0) is 14.1 Å². The van der Waals surface area contributed by atoms with Crippen LogP contribution in [-0.4, -0.2) is 31.4 Å². The first-order chi connectivity index (χ1) is 10.1. The van der Waals surface area contributed by atoms with Crippen molar-refractivity contribution in [1.29, 1.82) is 0 Å². The van der Waals surface area contributed by atoms with E-state index in [2.05, 4.69) is 32.1 Å². The molecule has 0 spiro atoms. The van der Waals surface area contributed by atoms with Gasteiger partial charge in [-0.3, -0.25) is 4.68 Å². The van der Waals surface area contributed by atoms with Crippen molar-refractivity contribution < 1.29 is 0 Å². The van der Waals surface area contributed by atoms with Crippen molar-refractivity contribution >= 4 is 22.7 Å². The quantitative estimate of drug-likeness (QED) is 0.740. The van der Waals surface area contributed by atoms with Crippen molar-refractivity contribution in [2.75, 3.05) is 11.9 Å². The van der Waals surface area contributed by atoms with Crippen LogP contribution >= 0.6 is 0 Å². The van der Waals surface area contributed by atoms with Crippen LogP contribution in [0.1, 0.15) is 24.5 Å². The molecule has 1 aliphatic rings. The summed E-state index contributed by atoms with van der Waals surface area (Å²) in [5.41, 5.74) is 3.19. The van der Waals surface area contributed by atoms with Crippen LogP contribution in [0.15, 0.2) is 24.7 Å². The van der Waals surface area contributed by atoms with Gasteiger partial charge in [0, 0.05) is 39.2 Å². The summed E-state index contributed by atoms with van der Waals surface area (Å²) in [4.78, 5) is 10.9. The molecule has 6 nitrogen and oxygen atoms in total. The third-order valence-electron chi connectivity index (χ3n) is 4.15. The molecule has 0 bridgehead atoms. The fourth-order valence-electron chi connectivity index (χ4n) is 2.69. The molecule has 1 saturated carbocycles. The van der Waals surface area contributed by atoms with Crippen molar-refractivity contribution in [3.8, 4) is 0 Å². The maximum atomic E-state index is 4.62. The number of anilines is 2. The average molecular weight is 282 g/mol. The van der Waals surface area contributed by atoms with Gasteiger partial charge in [0.15, 0.2) is 0 Å². The molecule has 1 aliphatic carbocycles. The number of imidazole rings is 1. The lowest BCUT2D eigenvalue weighted by Crippen LogP contribution is -2.14. The number of hydrogen-bond acceptors (Lipinski definition) is 4. The third kappa shape index (κ3) is 1.98. The molecule has 0 atom stereocenters. The Hall–Kier alpha value is -2.37. The lowest BCUT2D eigenvalue weighted by Gasteiger charge is -2.17. The molecule has 0 aromatic carbocycles. The largest absolute Gasteiger partial charge is 0.334 e. The van der Waals surface area contributed by atoms with E-state index in [4.69, 9.17) is 0 Å². The summed E-state index contributed by atoms with van der Waals surface area (Å²) in [6, 6.07) is 4.24. The highest BCUT2D eigenvalue weighted by atomic mass is 15.4. The molecule has 0 unspecified atom stereocenters. The Balaban J connectivity index is 1.74. The Morgan fingerprint density at radius 2 is 2.00 bits per heavy atom. The number of aromatic nitrogens is 5. The zero-order valence-electron chi connectivity index (χ0n) is 12.5. The molecule has 0 aliphatic heterocycles. The number of hydrogen-bond donors (Lipinski definition) is 0. The highest BCUT2D eigenvalue weighted by molar-refractivity contribution is 5.78. The van der Waals surface area contributed by atoms with E-state index in [1.54, 1.807) is 0 Å². The molecule has 0 amide bonds. The molecule has 0 radical (unpaired) electrons. The summed E-state index contributed by atoms with van der Waals surface area (Å²) in [6.07, 6.45) is 6.16. The normalized spacial score (nSPS) is 14.8. The SMILES string of the molecule is CN(c1cc2c(cn1)ncn2C)c1cc(C2CC2)nn1C. The lowest BCUT2D eigenvalue weighted by molar-refractivity contribution is 0.738. The zero-order valence-corrected chi connectivity index (χ0v) is 12.5. The minimum absolute atomic E-state index is 0.658. The lowest BCUT2D eigenvalue weighted by atomic mass is 10.3. The minimum Gasteiger partial charge on any atom is -0.334 e. The molecule has 3 aromatic heterocycles. The summed E-state index contributed by atoms with van der Waals surface area (Å²) >= 11 is 0. The molecule has 0 N–H and O–H groups in total. The molecular weight excluding hydrogens is 264 g/mol. The standard InChI is InChI=1S/C15H18N6/c1-19-9-17-12-8-16-14(7-13(12)19)20(2)15-6-11(10-4-5-10)18-21(15)3/h6-10H,4-5H2,1-3H3. The van der Waals surface area contributed by atoms with Crippen LogP contribution in [0, 0.1) is 0 Å². The maximum Gasteiger partial charge on any atom is 0.136 e. The maximum absolute atomic E-state index is 4.62. The van der Waals surface area contributed by atoms with E-state index in [0.29, 0.717) is 5.92 Å². The van der Waals surface area contributed by atoms with Gasteiger partial charge in [-0.25, -0.2) is 9.97 Å². The number of aryl methyl sites for hydroxylation is 2. The van der Waals surface area contributed by atoms with E-state index in [1.165, 1.54) is 18.5 Å². The van der Waals surface area contributed by atoms with Crippen LogP contribution < -0.4 is 4.90 Å². The number of nitrogens with zero attached hydrogens (tertiary/aromatic N) is 6. The molecule has 1 fully saturated rings. The van der Waals surface area contributed by atoms with Crippen LogP contribution in [0.2, 0.25) is 0 Å². The molecular formula is C15H18N6. The second-order valence-corrected chi connectivity index (χ2v) is 5.77. The fraction of sp³-hybridized carbons (Fsp3) is 0.400. The van der Waals surface area contributed by atoms with E-state index >= 15 is 0 Å². The smallest absolute Gasteiger partial charge is 0.136 e. The van der Waals surface area contributed by atoms with Crippen molar-refractivity contribution in [2.24, 2.45) is 14.1 Å². The summed E-state index contributed by atoms with van der Waals surface area (Å²) in [7, 11) is 6.01. The third-order valence-corrected chi connectivity index (χ3v) is 4.15. The van der Waals surface area contributed by atoms with Crippen LogP contribution in [0.4, 0.5) is 11.6 Å².